The second kappa shape index (κ2) is 6.10. The van der Waals surface area contributed by atoms with Crippen LogP contribution in [0.1, 0.15) is 26.7 Å². The lowest BCUT2D eigenvalue weighted by atomic mass is 10.0. The maximum absolute atomic E-state index is 11.8. The Bertz CT molecular complexity index is 334. The fourth-order valence-electron chi connectivity index (χ4n) is 1.46. The molecule has 82 valence electrons. The van der Waals surface area contributed by atoms with Gasteiger partial charge in [0, 0.05) is 9.49 Å². The molecule has 2 nitrogen and oxygen atoms in total. The lowest BCUT2D eigenvalue weighted by Crippen LogP contribution is -2.22. The lowest BCUT2D eigenvalue weighted by molar-refractivity contribution is -0.120. The molecule has 1 aromatic rings. The van der Waals surface area contributed by atoms with Gasteiger partial charge in [-0.1, -0.05) is 26.0 Å². The van der Waals surface area contributed by atoms with Crippen molar-refractivity contribution in [3.63, 3.8) is 0 Å². The molecule has 0 radical (unpaired) electrons. The van der Waals surface area contributed by atoms with Gasteiger partial charge in [-0.05, 0) is 47.6 Å². The topological polar surface area (TPSA) is 29.1 Å². The molecule has 1 amide bonds. The van der Waals surface area contributed by atoms with Crippen molar-refractivity contribution in [1.29, 1.82) is 0 Å². The summed E-state index contributed by atoms with van der Waals surface area (Å²) in [6.45, 7) is 4.09. The minimum absolute atomic E-state index is 0.126. The van der Waals surface area contributed by atoms with Crippen LogP contribution in [0.5, 0.6) is 0 Å². The zero-order chi connectivity index (χ0) is 11.3. The molecule has 0 aliphatic carbocycles. The molecule has 0 aliphatic heterocycles. The Labute approximate surface area is 105 Å². The second-order valence-corrected chi connectivity index (χ2v) is 4.64. The number of carbonyl (C=O) groups is 1. The predicted molar refractivity (Wildman–Crippen MR) is 71.9 cm³/mol. The molecular formula is C12H16INO. The third-order valence-corrected chi connectivity index (χ3v) is 3.43. The van der Waals surface area contributed by atoms with E-state index in [1.165, 1.54) is 0 Å². The molecule has 0 aromatic heterocycles. The zero-order valence-corrected chi connectivity index (χ0v) is 11.2. The van der Waals surface area contributed by atoms with Crippen LogP contribution in [0.3, 0.4) is 0 Å². The Kier molecular flexibility index (Phi) is 5.08. The van der Waals surface area contributed by atoms with Crippen LogP contribution >= 0.6 is 22.6 Å². The van der Waals surface area contributed by atoms with Crippen LogP contribution in [0.4, 0.5) is 5.69 Å². The van der Waals surface area contributed by atoms with E-state index < -0.39 is 0 Å². The minimum Gasteiger partial charge on any atom is -0.325 e. The molecule has 0 spiro atoms. The van der Waals surface area contributed by atoms with Crippen molar-refractivity contribution >= 4 is 34.2 Å². The predicted octanol–water partition coefficient (Wildman–Crippen LogP) is 3.67. The summed E-state index contributed by atoms with van der Waals surface area (Å²) in [4.78, 5) is 11.8. The quantitative estimate of drug-likeness (QED) is 0.844. The van der Waals surface area contributed by atoms with Crippen molar-refractivity contribution in [2.75, 3.05) is 5.32 Å². The van der Waals surface area contributed by atoms with Gasteiger partial charge in [0.1, 0.15) is 0 Å². The van der Waals surface area contributed by atoms with Gasteiger partial charge >= 0.3 is 0 Å². The van der Waals surface area contributed by atoms with Gasteiger partial charge in [-0.3, -0.25) is 4.79 Å². The van der Waals surface area contributed by atoms with E-state index in [1.54, 1.807) is 0 Å². The van der Waals surface area contributed by atoms with Crippen LogP contribution < -0.4 is 5.32 Å². The van der Waals surface area contributed by atoms with E-state index in [-0.39, 0.29) is 11.8 Å². The standard InChI is InChI=1S/C12H16INO/c1-3-9(4-2)12(15)14-11-8-6-5-7-10(11)13/h5-9H,3-4H2,1-2H3,(H,14,15). The van der Waals surface area contributed by atoms with E-state index in [9.17, 15) is 4.79 Å². The molecule has 0 heterocycles. The SMILES string of the molecule is CCC(CC)C(=O)Nc1ccccc1I. The number of para-hydroxylation sites is 1. The van der Waals surface area contributed by atoms with Crippen LogP contribution in [0, 0.1) is 9.49 Å². The summed E-state index contributed by atoms with van der Waals surface area (Å²) in [6, 6.07) is 7.82. The number of rotatable bonds is 4. The molecule has 15 heavy (non-hydrogen) atoms. The van der Waals surface area contributed by atoms with Gasteiger partial charge in [-0.15, -0.1) is 0 Å². The van der Waals surface area contributed by atoms with E-state index in [0.29, 0.717) is 0 Å². The molecule has 1 N–H and O–H groups in total. The second-order valence-electron chi connectivity index (χ2n) is 3.48. The average molecular weight is 317 g/mol. The van der Waals surface area contributed by atoms with Crippen LogP contribution in [0.25, 0.3) is 0 Å². The number of hydrogen-bond acceptors (Lipinski definition) is 1. The molecule has 1 aromatic carbocycles. The number of carbonyl (C=O) groups excluding carboxylic acids is 1. The first kappa shape index (κ1) is 12.5. The van der Waals surface area contributed by atoms with Gasteiger partial charge in [0.25, 0.3) is 0 Å². The summed E-state index contributed by atoms with van der Waals surface area (Å²) in [6.07, 6.45) is 1.79. The number of hydrogen-bond donors (Lipinski definition) is 1. The fourth-order valence-corrected chi connectivity index (χ4v) is 1.98. The number of halogens is 1. The lowest BCUT2D eigenvalue weighted by Gasteiger charge is -2.13. The van der Waals surface area contributed by atoms with Gasteiger partial charge in [0.05, 0.1) is 5.69 Å². The number of benzene rings is 1. The van der Waals surface area contributed by atoms with Gasteiger partial charge in [-0.2, -0.15) is 0 Å². The summed E-state index contributed by atoms with van der Waals surface area (Å²) < 4.78 is 1.08. The number of nitrogens with one attached hydrogen (secondary N) is 1. The minimum atomic E-state index is 0.126. The Morgan fingerprint density at radius 3 is 2.47 bits per heavy atom. The average Bonchev–Trinajstić information content (AvgIpc) is 2.23. The van der Waals surface area contributed by atoms with E-state index in [0.717, 1.165) is 22.1 Å². The van der Waals surface area contributed by atoms with Gasteiger partial charge in [0.2, 0.25) is 5.91 Å². The van der Waals surface area contributed by atoms with Crippen LogP contribution in [-0.4, -0.2) is 5.91 Å². The summed E-state index contributed by atoms with van der Waals surface area (Å²) in [5.41, 5.74) is 0.912. The summed E-state index contributed by atoms with van der Waals surface area (Å²) in [5, 5.41) is 2.97. The van der Waals surface area contributed by atoms with E-state index in [1.807, 2.05) is 38.1 Å². The zero-order valence-electron chi connectivity index (χ0n) is 9.09. The van der Waals surface area contributed by atoms with Crippen molar-refractivity contribution < 1.29 is 4.79 Å². The van der Waals surface area contributed by atoms with Crippen molar-refractivity contribution in [1.82, 2.24) is 0 Å². The summed E-state index contributed by atoms with van der Waals surface area (Å²) >= 11 is 2.23. The molecule has 3 heteroatoms. The fraction of sp³-hybridized carbons (Fsp3) is 0.417. The smallest absolute Gasteiger partial charge is 0.227 e. The highest BCUT2D eigenvalue weighted by molar-refractivity contribution is 14.1. The van der Waals surface area contributed by atoms with Crippen molar-refractivity contribution in [3.05, 3.63) is 27.8 Å². The Morgan fingerprint density at radius 2 is 1.93 bits per heavy atom. The van der Waals surface area contributed by atoms with E-state index in [2.05, 4.69) is 27.9 Å². The molecule has 0 saturated heterocycles. The highest BCUT2D eigenvalue weighted by Gasteiger charge is 2.14. The van der Waals surface area contributed by atoms with Crippen molar-refractivity contribution in [2.24, 2.45) is 5.92 Å². The van der Waals surface area contributed by atoms with E-state index in [4.69, 9.17) is 0 Å². The summed E-state index contributed by atoms with van der Waals surface area (Å²) in [7, 11) is 0. The first-order valence-electron chi connectivity index (χ1n) is 5.24. The molecule has 0 aliphatic rings. The van der Waals surface area contributed by atoms with Gasteiger partial charge in [0.15, 0.2) is 0 Å². The van der Waals surface area contributed by atoms with Crippen molar-refractivity contribution in [3.8, 4) is 0 Å². The largest absolute Gasteiger partial charge is 0.325 e. The first-order chi connectivity index (χ1) is 7.19. The summed E-state index contributed by atoms with van der Waals surface area (Å²) in [5.74, 6) is 0.255. The Hall–Kier alpha value is -0.580. The number of amides is 1. The van der Waals surface area contributed by atoms with Gasteiger partial charge < -0.3 is 5.32 Å². The van der Waals surface area contributed by atoms with Crippen LogP contribution in [-0.2, 0) is 4.79 Å². The van der Waals surface area contributed by atoms with E-state index >= 15 is 0 Å². The van der Waals surface area contributed by atoms with Crippen LogP contribution in [0.2, 0.25) is 0 Å². The molecule has 0 bridgehead atoms. The number of anilines is 1. The molecule has 0 saturated carbocycles. The first-order valence-corrected chi connectivity index (χ1v) is 6.32. The van der Waals surface area contributed by atoms with Crippen LogP contribution in [0.15, 0.2) is 24.3 Å². The monoisotopic (exact) mass is 317 g/mol. The highest BCUT2D eigenvalue weighted by Crippen LogP contribution is 2.19. The Morgan fingerprint density at radius 1 is 1.33 bits per heavy atom. The normalized spacial score (nSPS) is 10.4. The van der Waals surface area contributed by atoms with Gasteiger partial charge in [-0.25, -0.2) is 0 Å². The maximum atomic E-state index is 11.8. The molecule has 0 atom stereocenters. The molecule has 0 fully saturated rings. The van der Waals surface area contributed by atoms with Crippen molar-refractivity contribution in [2.45, 2.75) is 26.7 Å². The third-order valence-electron chi connectivity index (χ3n) is 2.49. The highest BCUT2D eigenvalue weighted by atomic mass is 127. The molecule has 1 rings (SSSR count). The molecule has 0 unspecified atom stereocenters. The third kappa shape index (κ3) is 3.48. The molecular weight excluding hydrogens is 301 g/mol. The Balaban J connectivity index is 2.70. The maximum Gasteiger partial charge on any atom is 0.227 e.